The van der Waals surface area contributed by atoms with Gasteiger partial charge in [0.05, 0.1) is 11.3 Å². The first-order valence-corrected chi connectivity index (χ1v) is 10.1. The van der Waals surface area contributed by atoms with Gasteiger partial charge in [0.1, 0.15) is 11.1 Å². The number of rotatable bonds is 4. The van der Waals surface area contributed by atoms with E-state index in [1.54, 1.807) is 0 Å². The van der Waals surface area contributed by atoms with E-state index in [1.165, 1.54) is 24.2 Å². The molecule has 1 N–H and O–H groups in total. The molecule has 3 rings (SSSR count). The summed E-state index contributed by atoms with van der Waals surface area (Å²) in [6, 6.07) is 2.30. The maximum Gasteiger partial charge on any atom is 0.233 e. The highest BCUT2D eigenvalue weighted by Gasteiger charge is 2.25. The van der Waals surface area contributed by atoms with Gasteiger partial charge < -0.3 is 10.2 Å². The lowest BCUT2D eigenvalue weighted by Gasteiger charge is -2.33. The summed E-state index contributed by atoms with van der Waals surface area (Å²) in [6.07, 6.45) is 4.82. The number of carbonyl (C=O) groups excluding carboxylic acids is 2. The zero-order chi connectivity index (χ0) is 18.7. The summed E-state index contributed by atoms with van der Waals surface area (Å²) in [5.74, 6) is 0.247. The van der Waals surface area contributed by atoms with E-state index in [-0.39, 0.29) is 23.6 Å². The van der Waals surface area contributed by atoms with Crippen LogP contribution in [-0.4, -0.2) is 46.6 Å². The second-order valence-electron chi connectivity index (χ2n) is 6.98. The molecule has 1 aromatic heterocycles. The number of thioether (sulfide) groups is 1. The standard InChI is InChI=1S/C19H24N4O2S/c1-12-15-6-3-7-17(15)22-19(16(12)9-20)26-11-18(25)23-8-4-5-14(10-23)21-13(2)24/h14H,3-8,10-11H2,1-2H3,(H,21,24). The number of carbonyl (C=O) groups is 2. The van der Waals surface area contributed by atoms with E-state index in [1.807, 2.05) is 11.8 Å². The number of amides is 2. The van der Waals surface area contributed by atoms with Gasteiger partial charge >= 0.3 is 0 Å². The molecule has 7 heteroatoms. The number of hydrogen-bond donors (Lipinski definition) is 1. The zero-order valence-electron chi connectivity index (χ0n) is 15.3. The van der Waals surface area contributed by atoms with E-state index in [2.05, 4.69) is 16.4 Å². The Kier molecular flexibility index (Phi) is 5.82. The van der Waals surface area contributed by atoms with Crippen LogP contribution in [0, 0.1) is 18.3 Å². The van der Waals surface area contributed by atoms with E-state index in [9.17, 15) is 14.9 Å². The predicted molar refractivity (Wildman–Crippen MR) is 99.9 cm³/mol. The Labute approximate surface area is 158 Å². The predicted octanol–water partition coefficient (Wildman–Crippen LogP) is 1.97. The Morgan fingerprint density at radius 2 is 2.19 bits per heavy atom. The van der Waals surface area contributed by atoms with Gasteiger partial charge in [0.15, 0.2) is 0 Å². The summed E-state index contributed by atoms with van der Waals surface area (Å²) < 4.78 is 0. The molecule has 138 valence electrons. The molecule has 2 heterocycles. The van der Waals surface area contributed by atoms with Crippen LogP contribution < -0.4 is 5.32 Å². The Balaban J connectivity index is 1.66. The highest BCUT2D eigenvalue weighted by molar-refractivity contribution is 8.00. The van der Waals surface area contributed by atoms with Gasteiger partial charge in [-0.3, -0.25) is 9.59 Å². The van der Waals surface area contributed by atoms with E-state index in [0.29, 0.717) is 17.1 Å². The van der Waals surface area contributed by atoms with Crippen molar-refractivity contribution >= 4 is 23.6 Å². The highest BCUT2D eigenvalue weighted by Crippen LogP contribution is 2.31. The van der Waals surface area contributed by atoms with Gasteiger partial charge in [0.2, 0.25) is 11.8 Å². The van der Waals surface area contributed by atoms with Crippen molar-refractivity contribution in [2.75, 3.05) is 18.8 Å². The van der Waals surface area contributed by atoms with E-state index in [0.717, 1.165) is 49.9 Å². The summed E-state index contributed by atoms with van der Waals surface area (Å²) in [6.45, 7) is 4.76. The molecule has 0 saturated carbocycles. The van der Waals surface area contributed by atoms with Crippen LogP contribution >= 0.6 is 11.8 Å². The summed E-state index contributed by atoms with van der Waals surface area (Å²) in [5, 5.41) is 13.1. The van der Waals surface area contributed by atoms with Crippen LogP contribution in [0.5, 0.6) is 0 Å². The minimum atomic E-state index is -0.0600. The molecule has 1 atom stereocenters. The van der Waals surface area contributed by atoms with Crippen molar-refractivity contribution in [3.8, 4) is 6.07 Å². The highest BCUT2D eigenvalue weighted by atomic mass is 32.2. The van der Waals surface area contributed by atoms with Gasteiger partial charge in [-0.05, 0) is 50.2 Å². The molecule has 0 spiro atoms. The SMILES string of the molecule is CC(=O)NC1CCCN(C(=O)CSc2nc3c(c(C)c2C#N)CCC3)C1. The molecule has 1 aromatic rings. The Morgan fingerprint density at radius 1 is 1.38 bits per heavy atom. The maximum absolute atomic E-state index is 12.6. The fourth-order valence-corrected chi connectivity index (χ4v) is 4.77. The molecular weight excluding hydrogens is 348 g/mol. The van der Waals surface area contributed by atoms with Crippen molar-refractivity contribution in [2.45, 2.75) is 57.0 Å². The zero-order valence-corrected chi connectivity index (χ0v) is 16.1. The Hall–Kier alpha value is -2.07. The van der Waals surface area contributed by atoms with Crippen LogP contribution in [0.25, 0.3) is 0 Å². The van der Waals surface area contributed by atoms with Crippen LogP contribution in [0.15, 0.2) is 5.03 Å². The third-order valence-electron chi connectivity index (χ3n) is 5.09. The van der Waals surface area contributed by atoms with E-state index in [4.69, 9.17) is 0 Å². The minimum Gasteiger partial charge on any atom is -0.352 e. The minimum absolute atomic E-state index is 0.0326. The normalized spacial score (nSPS) is 19.0. The fourth-order valence-electron chi connectivity index (χ4n) is 3.81. The summed E-state index contributed by atoms with van der Waals surface area (Å²) in [4.78, 5) is 30.3. The molecule has 0 radical (unpaired) electrons. The lowest BCUT2D eigenvalue weighted by Crippen LogP contribution is -2.49. The van der Waals surface area contributed by atoms with Gasteiger partial charge in [-0.2, -0.15) is 5.26 Å². The van der Waals surface area contributed by atoms with Crippen LogP contribution in [0.1, 0.15) is 48.6 Å². The number of piperidine rings is 1. The van der Waals surface area contributed by atoms with Crippen LogP contribution in [0.3, 0.4) is 0 Å². The third kappa shape index (κ3) is 4.01. The third-order valence-corrected chi connectivity index (χ3v) is 6.05. The number of nitrogens with zero attached hydrogens (tertiary/aromatic N) is 3. The quantitative estimate of drug-likeness (QED) is 0.817. The smallest absolute Gasteiger partial charge is 0.233 e. The first kappa shape index (κ1) is 18.7. The van der Waals surface area contributed by atoms with Gasteiger partial charge in [-0.15, -0.1) is 0 Å². The van der Waals surface area contributed by atoms with Crippen molar-refractivity contribution in [1.82, 2.24) is 15.2 Å². The lowest BCUT2D eigenvalue weighted by molar-refractivity contribution is -0.130. The van der Waals surface area contributed by atoms with Crippen LogP contribution in [0.2, 0.25) is 0 Å². The molecule has 26 heavy (non-hydrogen) atoms. The molecule has 1 fully saturated rings. The monoisotopic (exact) mass is 372 g/mol. The molecular formula is C19H24N4O2S. The van der Waals surface area contributed by atoms with Gasteiger partial charge in [-0.25, -0.2) is 4.98 Å². The Bertz CT molecular complexity index is 772. The summed E-state index contributed by atoms with van der Waals surface area (Å²) in [5.41, 5.74) is 3.93. The maximum atomic E-state index is 12.6. The van der Waals surface area contributed by atoms with Crippen molar-refractivity contribution in [3.05, 3.63) is 22.4 Å². The number of aryl methyl sites for hydroxylation is 1. The summed E-state index contributed by atoms with van der Waals surface area (Å²) >= 11 is 1.36. The molecule has 1 aliphatic carbocycles. The second-order valence-corrected chi connectivity index (χ2v) is 7.94. The van der Waals surface area contributed by atoms with Gasteiger partial charge in [0, 0.05) is 31.7 Å². The number of pyridine rings is 1. The van der Waals surface area contributed by atoms with Gasteiger partial charge in [0.25, 0.3) is 0 Å². The number of hydrogen-bond acceptors (Lipinski definition) is 5. The summed E-state index contributed by atoms with van der Waals surface area (Å²) in [7, 11) is 0. The first-order chi connectivity index (χ1) is 12.5. The molecule has 1 aliphatic heterocycles. The fraction of sp³-hybridized carbons (Fsp3) is 0.579. The van der Waals surface area contributed by atoms with Crippen molar-refractivity contribution in [2.24, 2.45) is 0 Å². The van der Waals surface area contributed by atoms with E-state index >= 15 is 0 Å². The number of nitriles is 1. The van der Waals surface area contributed by atoms with Crippen LogP contribution in [0.4, 0.5) is 0 Å². The van der Waals surface area contributed by atoms with Crippen LogP contribution in [-0.2, 0) is 22.4 Å². The molecule has 0 aromatic carbocycles. The first-order valence-electron chi connectivity index (χ1n) is 9.09. The molecule has 2 amide bonds. The average Bonchev–Trinajstić information content (AvgIpc) is 3.08. The van der Waals surface area contributed by atoms with Gasteiger partial charge in [-0.1, -0.05) is 11.8 Å². The number of nitrogens with one attached hydrogen (secondary N) is 1. The molecule has 6 nitrogen and oxygen atoms in total. The largest absolute Gasteiger partial charge is 0.352 e. The van der Waals surface area contributed by atoms with E-state index < -0.39 is 0 Å². The van der Waals surface area contributed by atoms with Crippen molar-refractivity contribution in [3.63, 3.8) is 0 Å². The Morgan fingerprint density at radius 3 is 2.92 bits per heavy atom. The average molecular weight is 372 g/mol. The molecule has 1 saturated heterocycles. The second kappa shape index (κ2) is 8.09. The van der Waals surface area contributed by atoms with Crippen molar-refractivity contribution in [1.29, 1.82) is 5.26 Å². The molecule has 1 unspecified atom stereocenters. The number of aromatic nitrogens is 1. The molecule has 0 bridgehead atoms. The van der Waals surface area contributed by atoms with Crippen molar-refractivity contribution < 1.29 is 9.59 Å². The number of likely N-dealkylation sites (tertiary alicyclic amines) is 1. The lowest BCUT2D eigenvalue weighted by atomic mass is 10.0. The molecule has 2 aliphatic rings. The topological polar surface area (TPSA) is 86.1 Å². The number of fused-ring (bicyclic) bond motifs is 1.